The highest BCUT2D eigenvalue weighted by atomic mass is 19.1. The molecule has 1 amide bonds. The lowest BCUT2D eigenvalue weighted by Crippen LogP contribution is -2.37. The van der Waals surface area contributed by atoms with Crippen molar-refractivity contribution in [3.63, 3.8) is 0 Å². The highest BCUT2D eigenvalue weighted by molar-refractivity contribution is 5.82. The molecule has 5 heteroatoms. The van der Waals surface area contributed by atoms with Crippen LogP contribution in [0.3, 0.4) is 0 Å². The van der Waals surface area contributed by atoms with Crippen molar-refractivity contribution in [3.8, 4) is 0 Å². The van der Waals surface area contributed by atoms with Gasteiger partial charge in [0.2, 0.25) is 6.17 Å². The fourth-order valence-electron chi connectivity index (χ4n) is 3.02. The van der Waals surface area contributed by atoms with Crippen molar-refractivity contribution in [3.05, 3.63) is 66.0 Å². The molecule has 1 aliphatic rings. The minimum atomic E-state index is -1.57. The topological polar surface area (TPSA) is 36.4 Å². The predicted octanol–water partition coefficient (Wildman–Crippen LogP) is 2.83. The fraction of sp³-hybridized carbons (Fsp3) is 0.368. The largest absolute Gasteiger partial charge is 0.339 e. The van der Waals surface area contributed by atoms with Gasteiger partial charge in [-0.15, -0.1) is 0 Å². The summed E-state index contributed by atoms with van der Waals surface area (Å²) < 4.78 is 14.5. The fourth-order valence-corrected chi connectivity index (χ4v) is 3.02. The monoisotopic (exact) mass is 327 g/mol. The number of nitrogens with zero attached hydrogens (tertiary/aromatic N) is 3. The summed E-state index contributed by atoms with van der Waals surface area (Å²) in [4.78, 5) is 20.5. The van der Waals surface area contributed by atoms with E-state index < -0.39 is 12.1 Å². The van der Waals surface area contributed by atoms with Crippen LogP contribution in [0, 0.1) is 0 Å². The lowest BCUT2D eigenvalue weighted by molar-refractivity contribution is -0.136. The molecule has 126 valence electrons. The minimum Gasteiger partial charge on any atom is -0.339 e. The Kier molecular flexibility index (Phi) is 5.54. The quantitative estimate of drug-likeness (QED) is 0.866. The van der Waals surface area contributed by atoms with Crippen molar-refractivity contribution < 1.29 is 9.18 Å². The maximum atomic E-state index is 14.5. The summed E-state index contributed by atoms with van der Waals surface area (Å²) in [6, 6.07) is 12.6. The molecule has 1 saturated heterocycles. The maximum Gasteiger partial charge on any atom is 0.261 e. The van der Waals surface area contributed by atoms with Gasteiger partial charge in [0.25, 0.3) is 5.91 Å². The molecule has 0 bridgehead atoms. The lowest BCUT2D eigenvalue weighted by atomic mass is 10.1. The van der Waals surface area contributed by atoms with E-state index in [0.717, 1.165) is 31.6 Å². The Morgan fingerprint density at radius 2 is 1.92 bits per heavy atom. The van der Waals surface area contributed by atoms with E-state index >= 15 is 0 Å². The molecule has 0 N–H and O–H groups in total. The van der Waals surface area contributed by atoms with Gasteiger partial charge in [0.15, 0.2) is 0 Å². The van der Waals surface area contributed by atoms with Crippen LogP contribution in [0.5, 0.6) is 0 Å². The number of hydrogen-bond acceptors (Lipinski definition) is 3. The lowest BCUT2D eigenvalue weighted by Gasteiger charge is -2.23. The Balaban J connectivity index is 1.58. The smallest absolute Gasteiger partial charge is 0.261 e. The van der Waals surface area contributed by atoms with Gasteiger partial charge in [0.1, 0.15) is 0 Å². The third-order valence-corrected chi connectivity index (χ3v) is 4.34. The van der Waals surface area contributed by atoms with Crippen LogP contribution < -0.4 is 0 Å². The molecular weight excluding hydrogens is 305 g/mol. The average Bonchev–Trinajstić information content (AvgIpc) is 2.88. The molecule has 4 nitrogen and oxygen atoms in total. The summed E-state index contributed by atoms with van der Waals surface area (Å²) in [7, 11) is 0. The zero-order chi connectivity index (χ0) is 16.8. The summed E-state index contributed by atoms with van der Waals surface area (Å²) in [5.74, 6) is -0.426. The summed E-state index contributed by atoms with van der Waals surface area (Å²) in [5, 5.41) is 0. The van der Waals surface area contributed by atoms with Crippen LogP contribution >= 0.6 is 0 Å². The normalized spacial score (nSPS) is 17.3. The molecule has 2 aromatic rings. The van der Waals surface area contributed by atoms with E-state index in [1.54, 1.807) is 35.4 Å². The number of carbonyl (C=O) groups is 1. The number of carbonyl (C=O) groups excluding carboxylic acids is 1. The number of rotatable bonds is 4. The zero-order valence-corrected chi connectivity index (χ0v) is 13.6. The molecule has 1 aliphatic heterocycles. The van der Waals surface area contributed by atoms with Gasteiger partial charge in [-0.1, -0.05) is 36.4 Å². The number of alkyl halides is 1. The molecule has 1 atom stereocenters. The Bertz CT molecular complexity index is 650. The molecule has 1 aromatic heterocycles. The number of pyridine rings is 1. The van der Waals surface area contributed by atoms with Gasteiger partial charge in [-0.2, -0.15) is 0 Å². The van der Waals surface area contributed by atoms with E-state index in [1.807, 2.05) is 24.4 Å². The minimum absolute atomic E-state index is 0.426. The first-order valence-corrected chi connectivity index (χ1v) is 8.33. The molecule has 1 unspecified atom stereocenters. The number of benzene rings is 1. The second-order valence-electron chi connectivity index (χ2n) is 6.09. The number of hydrogen-bond donors (Lipinski definition) is 0. The van der Waals surface area contributed by atoms with Crippen molar-refractivity contribution >= 4 is 5.91 Å². The van der Waals surface area contributed by atoms with Crippen molar-refractivity contribution in [1.29, 1.82) is 0 Å². The van der Waals surface area contributed by atoms with Gasteiger partial charge in [0, 0.05) is 45.1 Å². The van der Waals surface area contributed by atoms with E-state index in [9.17, 15) is 9.18 Å². The van der Waals surface area contributed by atoms with E-state index in [0.29, 0.717) is 18.7 Å². The Labute approximate surface area is 141 Å². The molecular formula is C19H22FN3O. The van der Waals surface area contributed by atoms with Crippen LogP contribution in [0.4, 0.5) is 4.39 Å². The Morgan fingerprint density at radius 1 is 1.08 bits per heavy atom. The van der Waals surface area contributed by atoms with Crippen molar-refractivity contribution in [2.45, 2.75) is 19.1 Å². The Morgan fingerprint density at radius 3 is 2.67 bits per heavy atom. The first kappa shape index (κ1) is 16.6. The van der Waals surface area contributed by atoms with Gasteiger partial charge in [-0.25, -0.2) is 4.39 Å². The van der Waals surface area contributed by atoms with Gasteiger partial charge in [-0.05, 0) is 23.6 Å². The molecule has 0 radical (unpaired) electrons. The van der Waals surface area contributed by atoms with E-state index in [2.05, 4.69) is 9.88 Å². The standard InChI is InChI=1S/C19H22FN3O/c20-18(17-7-2-1-3-8-17)19(24)23-11-5-10-22(12-13-23)15-16-6-4-9-21-14-16/h1-4,6-9,14,18H,5,10-13,15H2. The number of halogens is 1. The first-order chi connectivity index (χ1) is 11.7. The SMILES string of the molecule is O=C(C(F)c1ccccc1)N1CCCN(Cc2cccnc2)CC1. The van der Waals surface area contributed by atoms with Crippen LogP contribution in [0.1, 0.15) is 23.7 Å². The molecule has 0 aliphatic carbocycles. The third-order valence-electron chi connectivity index (χ3n) is 4.34. The van der Waals surface area contributed by atoms with E-state index in [1.165, 1.54) is 0 Å². The zero-order valence-electron chi connectivity index (χ0n) is 13.6. The molecule has 1 aromatic carbocycles. The summed E-state index contributed by atoms with van der Waals surface area (Å²) in [6.45, 7) is 3.64. The molecule has 0 saturated carbocycles. The van der Waals surface area contributed by atoms with Gasteiger partial charge in [-0.3, -0.25) is 14.7 Å². The van der Waals surface area contributed by atoms with Gasteiger partial charge >= 0.3 is 0 Å². The maximum absolute atomic E-state index is 14.5. The van der Waals surface area contributed by atoms with Gasteiger partial charge in [0.05, 0.1) is 0 Å². The molecule has 1 fully saturated rings. The van der Waals surface area contributed by atoms with Gasteiger partial charge < -0.3 is 4.90 Å². The van der Waals surface area contributed by atoms with Crippen LogP contribution in [-0.4, -0.2) is 46.9 Å². The molecule has 3 rings (SSSR count). The molecule has 2 heterocycles. The average molecular weight is 327 g/mol. The predicted molar refractivity (Wildman–Crippen MR) is 91.0 cm³/mol. The van der Waals surface area contributed by atoms with Crippen molar-refractivity contribution in [1.82, 2.24) is 14.8 Å². The van der Waals surface area contributed by atoms with Crippen LogP contribution in [0.25, 0.3) is 0 Å². The van der Waals surface area contributed by atoms with Crippen molar-refractivity contribution in [2.24, 2.45) is 0 Å². The number of aromatic nitrogens is 1. The Hall–Kier alpha value is -2.27. The molecule has 0 spiro atoms. The van der Waals surface area contributed by atoms with E-state index in [-0.39, 0.29) is 0 Å². The highest BCUT2D eigenvalue weighted by Gasteiger charge is 2.27. The summed E-state index contributed by atoms with van der Waals surface area (Å²) >= 11 is 0. The summed E-state index contributed by atoms with van der Waals surface area (Å²) in [5.41, 5.74) is 1.59. The van der Waals surface area contributed by atoms with E-state index in [4.69, 9.17) is 0 Å². The second kappa shape index (κ2) is 8.02. The van der Waals surface area contributed by atoms with Crippen molar-refractivity contribution in [2.75, 3.05) is 26.2 Å². The summed E-state index contributed by atoms with van der Waals surface area (Å²) in [6.07, 6.45) is 2.90. The first-order valence-electron chi connectivity index (χ1n) is 8.33. The second-order valence-corrected chi connectivity index (χ2v) is 6.09. The third kappa shape index (κ3) is 4.17. The molecule has 24 heavy (non-hydrogen) atoms. The highest BCUT2D eigenvalue weighted by Crippen LogP contribution is 2.21. The van der Waals surface area contributed by atoms with Crippen LogP contribution in [-0.2, 0) is 11.3 Å². The van der Waals surface area contributed by atoms with Crippen LogP contribution in [0.2, 0.25) is 0 Å². The van der Waals surface area contributed by atoms with Crippen LogP contribution in [0.15, 0.2) is 54.9 Å². The number of amides is 1.